The number of hydrogen-bond acceptors (Lipinski definition) is 4. The van der Waals surface area contributed by atoms with Crippen molar-refractivity contribution in [2.45, 2.75) is 65.5 Å². The number of nitrogens with zero attached hydrogens (tertiary/aromatic N) is 3. The lowest BCUT2D eigenvalue weighted by Gasteiger charge is -2.43. The van der Waals surface area contributed by atoms with Crippen molar-refractivity contribution in [2.24, 2.45) is 22.8 Å². The van der Waals surface area contributed by atoms with E-state index in [0.717, 1.165) is 18.3 Å². The standard InChI is InChI=1S/C15H33N5/c1-12(2)10-13(3)6-7-15(20(11-16)18-17)14(4)19-8-5-9-19/h12-15,17H,5-11,16H2,1-4H3. The van der Waals surface area contributed by atoms with E-state index in [9.17, 15) is 0 Å². The summed E-state index contributed by atoms with van der Waals surface area (Å²) in [6, 6.07) is 0.708. The maximum absolute atomic E-state index is 7.35. The number of nitrogens with two attached hydrogens (primary N) is 1. The van der Waals surface area contributed by atoms with Gasteiger partial charge in [-0.1, -0.05) is 26.0 Å². The summed E-state index contributed by atoms with van der Waals surface area (Å²) in [5, 5.41) is 5.39. The van der Waals surface area contributed by atoms with Crippen molar-refractivity contribution < 1.29 is 0 Å². The van der Waals surface area contributed by atoms with Gasteiger partial charge in [0, 0.05) is 6.04 Å². The smallest absolute Gasteiger partial charge is 0.0850 e. The van der Waals surface area contributed by atoms with E-state index in [2.05, 4.69) is 37.8 Å². The zero-order chi connectivity index (χ0) is 15.1. The minimum atomic E-state index is 0.271. The number of likely N-dealkylation sites (tertiary alicyclic amines) is 1. The molecule has 0 aromatic rings. The second kappa shape index (κ2) is 8.57. The molecular weight excluding hydrogens is 250 g/mol. The van der Waals surface area contributed by atoms with Gasteiger partial charge in [0.05, 0.1) is 12.7 Å². The van der Waals surface area contributed by atoms with Crippen molar-refractivity contribution in [1.29, 1.82) is 5.53 Å². The summed E-state index contributed by atoms with van der Waals surface area (Å²) in [6.45, 7) is 11.8. The van der Waals surface area contributed by atoms with Crippen LogP contribution in [-0.2, 0) is 0 Å². The molecule has 3 unspecified atom stereocenters. The molecule has 3 atom stereocenters. The number of nitrogens with one attached hydrogen (secondary N) is 1. The van der Waals surface area contributed by atoms with E-state index in [1.54, 1.807) is 5.01 Å². The molecule has 1 aliphatic heterocycles. The average molecular weight is 283 g/mol. The zero-order valence-corrected chi connectivity index (χ0v) is 13.7. The van der Waals surface area contributed by atoms with E-state index in [1.165, 1.54) is 32.4 Å². The van der Waals surface area contributed by atoms with Crippen LogP contribution in [0, 0.1) is 17.4 Å². The highest BCUT2D eigenvalue weighted by atomic mass is 15.5. The van der Waals surface area contributed by atoms with Crippen LogP contribution >= 0.6 is 0 Å². The monoisotopic (exact) mass is 283 g/mol. The molecule has 3 N–H and O–H groups in total. The Morgan fingerprint density at radius 1 is 1.20 bits per heavy atom. The van der Waals surface area contributed by atoms with Crippen LogP contribution in [0.25, 0.3) is 0 Å². The lowest BCUT2D eigenvalue weighted by atomic mass is 9.90. The second-order valence-electron chi connectivity index (χ2n) is 6.73. The van der Waals surface area contributed by atoms with Gasteiger partial charge in [-0.05, 0) is 57.5 Å². The van der Waals surface area contributed by atoms with Gasteiger partial charge in [0.2, 0.25) is 0 Å². The Bertz CT molecular complexity index is 277. The Balaban J connectivity index is 2.55. The van der Waals surface area contributed by atoms with Crippen LogP contribution in [-0.4, -0.2) is 41.8 Å². The normalized spacial score (nSPS) is 20.3. The highest BCUT2D eigenvalue weighted by Gasteiger charge is 2.31. The summed E-state index contributed by atoms with van der Waals surface area (Å²) in [5.41, 5.74) is 13.1. The van der Waals surface area contributed by atoms with Crippen LogP contribution in [0.15, 0.2) is 5.22 Å². The molecule has 1 saturated heterocycles. The lowest BCUT2D eigenvalue weighted by Crippen LogP contribution is -2.54. The third-order valence-electron chi connectivity index (χ3n) is 4.55. The van der Waals surface area contributed by atoms with Crippen LogP contribution < -0.4 is 5.73 Å². The van der Waals surface area contributed by atoms with E-state index in [0.29, 0.717) is 12.7 Å². The van der Waals surface area contributed by atoms with Gasteiger partial charge in [0.1, 0.15) is 0 Å². The van der Waals surface area contributed by atoms with Gasteiger partial charge in [-0.2, -0.15) is 5.53 Å². The van der Waals surface area contributed by atoms with Crippen molar-refractivity contribution in [3.8, 4) is 0 Å². The molecule has 20 heavy (non-hydrogen) atoms. The second-order valence-corrected chi connectivity index (χ2v) is 6.73. The molecular formula is C15H33N5. The Kier molecular flexibility index (Phi) is 7.45. The number of hydrogen-bond donors (Lipinski definition) is 2. The van der Waals surface area contributed by atoms with Gasteiger partial charge in [-0.25, -0.2) is 0 Å². The van der Waals surface area contributed by atoms with E-state index in [-0.39, 0.29) is 6.04 Å². The fraction of sp³-hybridized carbons (Fsp3) is 1.00. The van der Waals surface area contributed by atoms with Crippen LogP contribution in [0.5, 0.6) is 0 Å². The summed E-state index contributed by atoms with van der Waals surface area (Å²) in [7, 11) is 0. The molecule has 0 aromatic heterocycles. The van der Waals surface area contributed by atoms with Crippen LogP contribution in [0.4, 0.5) is 0 Å². The predicted octanol–water partition coefficient (Wildman–Crippen LogP) is 3.08. The van der Waals surface area contributed by atoms with E-state index in [4.69, 9.17) is 11.3 Å². The highest BCUT2D eigenvalue weighted by Crippen LogP contribution is 2.24. The van der Waals surface area contributed by atoms with Crippen LogP contribution in [0.2, 0.25) is 0 Å². The first kappa shape index (κ1) is 17.4. The molecule has 0 aromatic carbocycles. The molecule has 0 bridgehead atoms. The molecule has 0 radical (unpaired) electrons. The van der Waals surface area contributed by atoms with Crippen molar-refractivity contribution in [2.75, 3.05) is 19.8 Å². The van der Waals surface area contributed by atoms with Crippen molar-refractivity contribution in [1.82, 2.24) is 9.91 Å². The maximum Gasteiger partial charge on any atom is 0.0850 e. The Morgan fingerprint density at radius 3 is 2.25 bits per heavy atom. The lowest BCUT2D eigenvalue weighted by molar-refractivity contribution is 0.0377. The first-order valence-corrected chi connectivity index (χ1v) is 8.07. The van der Waals surface area contributed by atoms with Gasteiger partial charge in [0.25, 0.3) is 0 Å². The molecule has 0 saturated carbocycles. The van der Waals surface area contributed by atoms with Crippen molar-refractivity contribution >= 4 is 0 Å². The fourth-order valence-corrected chi connectivity index (χ4v) is 3.26. The third-order valence-corrected chi connectivity index (χ3v) is 4.55. The largest absolute Gasteiger partial charge is 0.313 e. The first-order chi connectivity index (χ1) is 9.49. The third kappa shape index (κ3) is 5.02. The minimum Gasteiger partial charge on any atom is -0.313 e. The Morgan fingerprint density at radius 2 is 1.85 bits per heavy atom. The SMILES string of the molecule is CC(C)CC(C)CCC(C(C)N1CCC1)N(CN)N=N. The van der Waals surface area contributed by atoms with E-state index >= 15 is 0 Å². The van der Waals surface area contributed by atoms with Gasteiger partial charge in [0.15, 0.2) is 0 Å². The van der Waals surface area contributed by atoms with Gasteiger partial charge in [-0.15, -0.1) is 0 Å². The van der Waals surface area contributed by atoms with E-state index < -0.39 is 0 Å². The quantitative estimate of drug-likeness (QED) is 0.368. The topological polar surface area (TPSA) is 68.7 Å². The molecule has 5 heteroatoms. The van der Waals surface area contributed by atoms with Gasteiger partial charge < -0.3 is 5.73 Å². The summed E-state index contributed by atoms with van der Waals surface area (Å²) < 4.78 is 0. The highest BCUT2D eigenvalue weighted by molar-refractivity contribution is 4.86. The van der Waals surface area contributed by atoms with E-state index in [1.807, 2.05) is 0 Å². The summed E-state index contributed by atoms with van der Waals surface area (Å²) in [5.74, 6) is 1.48. The van der Waals surface area contributed by atoms with Crippen LogP contribution in [0.1, 0.15) is 53.4 Å². The Labute approximate surface area is 124 Å². The first-order valence-electron chi connectivity index (χ1n) is 8.07. The van der Waals surface area contributed by atoms with Gasteiger partial charge >= 0.3 is 0 Å². The summed E-state index contributed by atoms with van der Waals surface area (Å²) >= 11 is 0. The zero-order valence-electron chi connectivity index (χ0n) is 13.7. The van der Waals surface area contributed by atoms with Crippen LogP contribution in [0.3, 0.4) is 0 Å². The fourth-order valence-electron chi connectivity index (χ4n) is 3.26. The van der Waals surface area contributed by atoms with Crippen molar-refractivity contribution in [3.63, 3.8) is 0 Å². The molecule has 1 fully saturated rings. The molecule has 1 heterocycles. The summed E-state index contributed by atoms with van der Waals surface area (Å²) in [4.78, 5) is 2.48. The molecule has 1 aliphatic rings. The molecule has 5 nitrogen and oxygen atoms in total. The molecule has 0 aliphatic carbocycles. The average Bonchev–Trinajstić information content (AvgIpc) is 2.31. The predicted molar refractivity (Wildman–Crippen MR) is 83.3 cm³/mol. The molecule has 0 spiro atoms. The Hall–Kier alpha value is -0.680. The molecule has 0 amide bonds. The maximum atomic E-state index is 7.35. The minimum absolute atomic E-state index is 0.271. The van der Waals surface area contributed by atoms with Crippen molar-refractivity contribution in [3.05, 3.63) is 0 Å². The molecule has 1 rings (SSSR count). The number of rotatable bonds is 10. The summed E-state index contributed by atoms with van der Waals surface area (Å²) in [6.07, 6.45) is 4.82. The van der Waals surface area contributed by atoms with Gasteiger partial charge in [-0.3, -0.25) is 9.91 Å². The molecule has 118 valence electrons.